The van der Waals surface area contributed by atoms with Crippen molar-refractivity contribution in [3.63, 3.8) is 0 Å². The highest BCUT2D eigenvalue weighted by Crippen LogP contribution is 2.15. The summed E-state index contributed by atoms with van der Waals surface area (Å²) in [6.45, 7) is 5.57. The molecule has 0 aromatic rings. The summed E-state index contributed by atoms with van der Waals surface area (Å²) in [5, 5.41) is -0.422. The maximum Gasteiger partial charge on any atom is 0.235 e. The predicted molar refractivity (Wildman–Crippen MR) is 43.7 cm³/mol. The second-order valence-corrected chi connectivity index (χ2v) is 5.96. The smallest absolute Gasteiger partial charge is 0.212 e. The lowest BCUT2D eigenvalue weighted by atomic mass is 10.1. The lowest BCUT2D eigenvalue weighted by Crippen LogP contribution is -2.13. The molecule has 0 rings (SSSR count). The van der Waals surface area contributed by atoms with Crippen LogP contribution in [0.5, 0.6) is 0 Å². The fourth-order valence-electron chi connectivity index (χ4n) is 0.779. The maximum absolute atomic E-state index is 10.6. The molecule has 0 aliphatic carbocycles. The molecule has 2 nitrogen and oxygen atoms in total. The van der Waals surface area contributed by atoms with Crippen molar-refractivity contribution >= 4 is 19.7 Å². The van der Waals surface area contributed by atoms with Crippen LogP contribution in [0.3, 0.4) is 0 Å². The molecule has 1 atom stereocenters. The van der Waals surface area contributed by atoms with Crippen molar-refractivity contribution in [2.45, 2.75) is 32.4 Å². The lowest BCUT2D eigenvalue weighted by molar-refractivity contribution is 0.546. The third-order valence-electron chi connectivity index (χ3n) is 1.28. The SMILES string of the molecule is CC(C)CC(C)S(=O)(=O)Cl. The van der Waals surface area contributed by atoms with Crippen molar-refractivity contribution in [3.8, 4) is 0 Å². The molecule has 0 fully saturated rings. The molecule has 0 saturated heterocycles. The largest absolute Gasteiger partial charge is 0.235 e. The molecule has 10 heavy (non-hydrogen) atoms. The van der Waals surface area contributed by atoms with Crippen molar-refractivity contribution < 1.29 is 8.42 Å². The highest BCUT2D eigenvalue weighted by molar-refractivity contribution is 8.14. The van der Waals surface area contributed by atoms with E-state index in [0.717, 1.165) is 0 Å². The fourth-order valence-corrected chi connectivity index (χ4v) is 1.61. The summed E-state index contributed by atoms with van der Waals surface area (Å²) in [5.74, 6) is 0.378. The Kier molecular flexibility index (Phi) is 3.66. The summed E-state index contributed by atoms with van der Waals surface area (Å²) in [5.41, 5.74) is 0. The summed E-state index contributed by atoms with van der Waals surface area (Å²) in [7, 11) is 1.77. The second kappa shape index (κ2) is 3.58. The predicted octanol–water partition coefficient (Wildman–Crippen LogP) is 1.99. The molecule has 0 saturated carbocycles. The summed E-state index contributed by atoms with van der Waals surface area (Å²) in [6.07, 6.45) is 0.631. The van der Waals surface area contributed by atoms with Gasteiger partial charge >= 0.3 is 0 Å². The Hall–Kier alpha value is 0.240. The van der Waals surface area contributed by atoms with Crippen molar-refractivity contribution in [3.05, 3.63) is 0 Å². The van der Waals surface area contributed by atoms with Gasteiger partial charge in [-0.15, -0.1) is 0 Å². The van der Waals surface area contributed by atoms with E-state index in [-0.39, 0.29) is 0 Å². The molecule has 4 heteroatoms. The minimum absolute atomic E-state index is 0.378. The highest BCUT2D eigenvalue weighted by atomic mass is 35.7. The van der Waals surface area contributed by atoms with Gasteiger partial charge in [0.15, 0.2) is 0 Å². The zero-order valence-electron chi connectivity index (χ0n) is 6.46. The number of hydrogen-bond donors (Lipinski definition) is 0. The maximum atomic E-state index is 10.6. The van der Waals surface area contributed by atoms with Crippen LogP contribution in [0, 0.1) is 5.92 Å². The van der Waals surface area contributed by atoms with Gasteiger partial charge in [-0.1, -0.05) is 13.8 Å². The molecule has 0 amide bonds. The highest BCUT2D eigenvalue weighted by Gasteiger charge is 2.17. The van der Waals surface area contributed by atoms with Gasteiger partial charge < -0.3 is 0 Å². The van der Waals surface area contributed by atoms with Crippen molar-refractivity contribution in [1.29, 1.82) is 0 Å². The Morgan fingerprint density at radius 1 is 1.30 bits per heavy atom. The quantitative estimate of drug-likeness (QED) is 0.629. The van der Waals surface area contributed by atoms with Crippen LogP contribution >= 0.6 is 10.7 Å². The normalized spacial score (nSPS) is 15.7. The zero-order valence-corrected chi connectivity index (χ0v) is 8.04. The van der Waals surface area contributed by atoms with Crippen LogP contribution < -0.4 is 0 Å². The Morgan fingerprint density at radius 3 is 1.80 bits per heavy atom. The first kappa shape index (κ1) is 10.2. The summed E-state index contributed by atoms with van der Waals surface area (Å²) in [4.78, 5) is 0. The molecular formula is C6H13ClO2S. The monoisotopic (exact) mass is 184 g/mol. The van der Waals surface area contributed by atoms with Crippen molar-refractivity contribution in [2.24, 2.45) is 5.92 Å². The summed E-state index contributed by atoms with van der Waals surface area (Å²) >= 11 is 0. The first-order valence-electron chi connectivity index (χ1n) is 3.27. The molecule has 0 heterocycles. The zero-order chi connectivity index (χ0) is 8.36. The average molecular weight is 185 g/mol. The topological polar surface area (TPSA) is 34.1 Å². The molecule has 0 N–H and O–H groups in total. The molecule has 0 radical (unpaired) electrons. The van der Waals surface area contributed by atoms with E-state index < -0.39 is 14.3 Å². The first-order chi connectivity index (χ1) is 4.34. The molecule has 0 spiro atoms. The van der Waals surface area contributed by atoms with Crippen LogP contribution in [0.25, 0.3) is 0 Å². The Morgan fingerprint density at radius 2 is 1.70 bits per heavy atom. The van der Waals surface area contributed by atoms with Crippen LogP contribution in [0.4, 0.5) is 0 Å². The van der Waals surface area contributed by atoms with Gasteiger partial charge in [0, 0.05) is 10.7 Å². The second-order valence-electron chi connectivity index (χ2n) is 2.92. The number of halogens is 1. The number of hydrogen-bond acceptors (Lipinski definition) is 2. The van der Waals surface area contributed by atoms with Gasteiger partial charge in [-0.2, -0.15) is 0 Å². The van der Waals surface area contributed by atoms with Gasteiger partial charge in [-0.3, -0.25) is 0 Å². The third-order valence-corrected chi connectivity index (χ3v) is 3.35. The standard InChI is InChI=1S/C6H13ClO2S/c1-5(2)4-6(3)10(7,8)9/h5-6H,4H2,1-3H3. The van der Waals surface area contributed by atoms with Gasteiger partial charge in [0.2, 0.25) is 9.05 Å². The molecule has 1 unspecified atom stereocenters. The molecule has 0 bridgehead atoms. The van der Waals surface area contributed by atoms with Crippen molar-refractivity contribution in [2.75, 3.05) is 0 Å². The third kappa shape index (κ3) is 4.12. The van der Waals surface area contributed by atoms with E-state index in [1.807, 2.05) is 13.8 Å². The van der Waals surface area contributed by atoms with Crippen LogP contribution in [-0.2, 0) is 9.05 Å². The Balaban J connectivity index is 3.99. The van der Waals surface area contributed by atoms with E-state index >= 15 is 0 Å². The van der Waals surface area contributed by atoms with Crippen LogP contribution in [0.1, 0.15) is 27.2 Å². The first-order valence-corrected chi connectivity index (χ1v) is 5.64. The van der Waals surface area contributed by atoms with E-state index in [1.54, 1.807) is 6.92 Å². The lowest BCUT2D eigenvalue weighted by Gasteiger charge is -2.08. The van der Waals surface area contributed by atoms with E-state index in [9.17, 15) is 8.42 Å². The number of rotatable bonds is 3. The van der Waals surface area contributed by atoms with E-state index in [0.29, 0.717) is 12.3 Å². The van der Waals surface area contributed by atoms with Crippen LogP contribution in [0.15, 0.2) is 0 Å². The minimum atomic E-state index is -3.33. The fraction of sp³-hybridized carbons (Fsp3) is 1.00. The van der Waals surface area contributed by atoms with Gasteiger partial charge in [0.1, 0.15) is 0 Å². The molecule has 0 aliphatic rings. The molecular weight excluding hydrogens is 172 g/mol. The van der Waals surface area contributed by atoms with Gasteiger partial charge in [-0.25, -0.2) is 8.42 Å². The minimum Gasteiger partial charge on any atom is -0.212 e. The van der Waals surface area contributed by atoms with Gasteiger partial charge in [0.05, 0.1) is 5.25 Å². The van der Waals surface area contributed by atoms with Crippen LogP contribution in [-0.4, -0.2) is 13.7 Å². The molecule has 62 valence electrons. The summed E-state index contributed by atoms with van der Waals surface area (Å²) < 4.78 is 21.3. The molecule has 0 aliphatic heterocycles. The average Bonchev–Trinajstić information content (AvgIpc) is 1.60. The van der Waals surface area contributed by atoms with Gasteiger partial charge in [-0.05, 0) is 19.3 Å². The van der Waals surface area contributed by atoms with E-state index in [1.165, 1.54) is 0 Å². The van der Waals surface area contributed by atoms with Crippen LogP contribution in [0.2, 0.25) is 0 Å². The molecule has 0 aromatic carbocycles. The summed E-state index contributed by atoms with van der Waals surface area (Å²) in [6, 6.07) is 0. The van der Waals surface area contributed by atoms with E-state index in [4.69, 9.17) is 10.7 Å². The van der Waals surface area contributed by atoms with Crippen molar-refractivity contribution in [1.82, 2.24) is 0 Å². The van der Waals surface area contributed by atoms with E-state index in [2.05, 4.69) is 0 Å². The van der Waals surface area contributed by atoms with Gasteiger partial charge in [0.25, 0.3) is 0 Å². The Bertz CT molecular complexity index is 184. The molecule has 0 aromatic heterocycles. The Labute approximate surface area is 67.0 Å².